The molecular weight excluding hydrogens is 326 g/mol. The van der Waals surface area contributed by atoms with E-state index in [1.54, 1.807) is 6.20 Å². The first-order valence-corrected chi connectivity index (χ1v) is 8.37. The van der Waals surface area contributed by atoms with E-state index in [2.05, 4.69) is 14.7 Å². The van der Waals surface area contributed by atoms with E-state index in [0.717, 1.165) is 0 Å². The number of aromatic nitrogens is 2. The van der Waals surface area contributed by atoms with Gasteiger partial charge < -0.3 is 4.74 Å². The third-order valence-electron chi connectivity index (χ3n) is 3.03. The van der Waals surface area contributed by atoms with E-state index in [-0.39, 0.29) is 21.7 Å². The van der Waals surface area contributed by atoms with Crippen molar-refractivity contribution in [3.63, 3.8) is 0 Å². The molecule has 0 fully saturated rings. The molecule has 0 bridgehead atoms. The zero-order chi connectivity index (χ0) is 16.3. The van der Waals surface area contributed by atoms with Gasteiger partial charge >= 0.3 is 0 Å². The van der Waals surface area contributed by atoms with Crippen LogP contribution in [0.3, 0.4) is 0 Å². The summed E-state index contributed by atoms with van der Waals surface area (Å²) in [6, 6.07) is 4.25. The van der Waals surface area contributed by atoms with Gasteiger partial charge in [-0.1, -0.05) is 25.4 Å². The molecule has 0 amide bonds. The summed E-state index contributed by atoms with van der Waals surface area (Å²) >= 11 is 5.98. The molecule has 0 spiro atoms. The van der Waals surface area contributed by atoms with Crippen LogP contribution in [0.1, 0.15) is 25.3 Å². The van der Waals surface area contributed by atoms with E-state index in [1.807, 2.05) is 13.8 Å². The highest BCUT2D eigenvalue weighted by atomic mass is 35.5. The molecule has 0 atom stereocenters. The largest absolute Gasteiger partial charge is 0.495 e. The normalized spacial score (nSPS) is 11.5. The molecule has 2 rings (SSSR count). The molecular formula is C14H16ClN3O3S. The molecule has 118 valence electrons. The van der Waals surface area contributed by atoms with Gasteiger partial charge in [0.15, 0.2) is 0 Å². The van der Waals surface area contributed by atoms with Crippen LogP contribution in [0.4, 0.5) is 5.82 Å². The van der Waals surface area contributed by atoms with Crippen LogP contribution in [-0.2, 0) is 10.0 Å². The quantitative estimate of drug-likeness (QED) is 0.903. The van der Waals surface area contributed by atoms with Crippen LogP contribution in [0.2, 0.25) is 5.02 Å². The number of benzene rings is 1. The zero-order valence-corrected chi connectivity index (χ0v) is 13.9. The summed E-state index contributed by atoms with van der Waals surface area (Å²) < 4.78 is 32.4. The maximum absolute atomic E-state index is 12.5. The summed E-state index contributed by atoms with van der Waals surface area (Å²) in [4.78, 5) is 7.96. The molecule has 1 heterocycles. The van der Waals surface area contributed by atoms with Gasteiger partial charge in [0.2, 0.25) is 0 Å². The Morgan fingerprint density at radius 3 is 2.64 bits per heavy atom. The highest BCUT2D eigenvalue weighted by Gasteiger charge is 2.19. The highest BCUT2D eigenvalue weighted by molar-refractivity contribution is 7.92. The SMILES string of the molecule is COc1ccc(S(=O)(=O)Nc2ncncc2C(C)C)cc1Cl. The smallest absolute Gasteiger partial charge is 0.263 e. The number of nitrogens with one attached hydrogen (secondary N) is 1. The van der Waals surface area contributed by atoms with Gasteiger partial charge in [0.05, 0.1) is 17.0 Å². The molecule has 1 aromatic carbocycles. The molecule has 0 aliphatic carbocycles. The van der Waals surface area contributed by atoms with Crippen LogP contribution in [0.15, 0.2) is 35.6 Å². The molecule has 0 saturated heterocycles. The van der Waals surface area contributed by atoms with Gasteiger partial charge in [0.25, 0.3) is 10.0 Å². The van der Waals surface area contributed by atoms with Crippen molar-refractivity contribution in [2.24, 2.45) is 0 Å². The maximum atomic E-state index is 12.5. The predicted molar refractivity (Wildman–Crippen MR) is 84.9 cm³/mol. The van der Waals surface area contributed by atoms with E-state index >= 15 is 0 Å². The summed E-state index contributed by atoms with van der Waals surface area (Å²) in [6.07, 6.45) is 2.89. The van der Waals surface area contributed by atoms with Crippen molar-refractivity contribution in [2.75, 3.05) is 11.8 Å². The first-order chi connectivity index (χ1) is 10.3. The summed E-state index contributed by atoms with van der Waals surface area (Å²) in [7, 11) is -2.34. The minimum absolute atomic E-state index is 0.0339. The Morgan fingerprint density at radius 1 is 1.32 bits per heavy atom. The second-order valence-electron chi connectivity index (χ2n) is 4.88. The second-order valence-corrected chi connectivity index (χ2v) is 6.97. The summed E-state index contributed by atoms with van der Waals surface area (Å²) in [5.41, 5.74) is 0.714. The Kier molecular flexibility index (Phi) is 4.87. The zero-order valence-electron chi connectivity index (χ0n) is 12.4. The maximum Gasteiger partial charge on any atom is 0.263 e. The monoisotopic (exact) mass is 341 g/mol. The van der Waals surface area contributed by atoms with E-state index in [0.29, 0.717) is 11.3 Å². The number of ether oxygens (including phenoxy) is 1. The van der Waals surface area contributed by atoms with Crippen molar-refractivity contribution in [3.05, 3.63) is 41.3 Å². The number of anilines is 1. The lowest BCUT2D eigenvalue weighted by Crippen LogP contribution is -2.16. The van der Waals surface area contributed by atoms with Gasteiger partial charge in [-0.15, -0.1) is 0 Å². The molecule has 6 nitrogen and oxygen atoms in total. The number of sulfonamides is 1. The molecule has 2 aromatic rings. The average molecular weight is 342 g/mol. The van der Waals surface area contributed by atoms with E-state index in [1.165, 1.54) is 31.6 Å². The molecule has 0 unspecified atom stereocenters. The lowest BCUT2D eigenvalue weighted by molar-refractivity contribution is 0.414. The van der Waals surface area contributed by atoms with Crippen molar-refractivity contribution < 1.29 is 13.2 Å². The lowest BCUT2D eigenvalue weighted by Gasteiger charge is -2.13. The van der Waals surface area contributed by atoms with Gasteiger partial charge in [-0.25, -0.2) is 18.4 Å². The molecule has 1 N–H and O–H groups in total. The van der Waals surface area contributed by atoms with Crippen molar-refractivity contribution >= 4 is 27.4 Å². The average Bonchev–Trinajstić information content (AvgIpc) is 2.47. The molecule has 0 aliphatic rings. The van der Waals surface area contributed by atoms with Crippen LogP contribution < -0.4 is 9.46 Å². The highest BCUT2D eigenvalue weighted by Crippen LogP contribution is 2.28. The lowest BCUT2D eigenvalue weighted by atomic mass is 10.1. The first kappa shape index (κ1) is 16.5. The van der Waals surface area contributed by atoms with Gasteiger partial charge in [0, 0.05) is 11.8 Å². The fourth-order valence-electron chi connectivity index (χ4n) is 1.85. The van der Waals surface area contributed by atoms with Crippen LogP contribution in [0, 0.1) is 0 Å². The first-order valence-electron chi connectivity index (χ1n) is 6.51. The summed E-state index contributed by atoms with van der Waals surface area (Å²) in [5.74, 6) is 0.751. The minimum atomic E-state index is -3.80. The number of rotatable bonds is 5. The molecule has 0 aliphatic heterocycles. The molecule has 22 heavy (non-hydrogen) atoms. The van der Waals surface area contributed by atoms with Gasteiger partial charge in [-0.05, 0) is 24.1 Å². The molecule has 0 saturated carbocycles. The summed E-state index contributed by atoms with van der Waals surface area (Å²) in [6.45, 7) is 3.86. The van der Waals surface area contributed by atoms with Crippen LogP contribution in [-0.4, -0.2) is 25.5 Å². The van der Waals surface area contributed by atoms with E-state index < -0.39 is 10.0 Å². The topological polar surface area (TPSA) is 81.2 Å². The Balaban J connectivity index is 2.38. The number of hydrogen-bond acceptors (Lipinski definition) is 5. The fraction of sp³-hybridized carbons (Fsp3) is 0.286. The van der Waals surface area contributed by atoms with Gasteiger partial charge in [-0.3, -0.25) is 4.72 Å². The third-order valence-corrected chi connectivity index (χ3v) is 4.66. The molecule has 0 radical (unpaired) electrons. The predicted octanol–water partition coefficient (Wildman–Crippen LogP) is 3.06. The van der Waals surface area contributed by atoms with Crippen molar-refractivity contribution in [2.45, 2.75) is 24.7 Å². The van der Waals surface area contributed by atoms with E-state index in [4.69, 9.17) is 16.3 Å². The van der Waals surface area contributed by atoms with Crippen LogP contribution >= 0.6 is 11.6 Å². The molecule has 1 aromatic heterocycles. The fourth-order valence-corrected chi connectivity index (χ4v) is 3.23. The van der Waals surface area contributed by atoms with Gasteiger partial charge in [-0.2, -0.15) is 0 Å². The van der Waals surface area contributed by atoms with E-state index in [9.17, 15) is 8.42 Å². The number of methoxy groups -OCH3 is 1. The second kappa shape index (κ2) is 6.50. The summed E-state index contributed by atoms with van der Waals surface area (Å²) in [5, 5.41) is 0.220. The third kappa shape index (κ3) is 3.48. The standard InChI is InChI=1S/C14H16ClN3O3S/c1-9(2)11-7-16-8-17-14(11)18-22(19,20)10-4-5-13(21-3)12(15)6-10/h4-9H,1-3H3,(H,16,17,18). The molecule has 8 heteroatoms. The Hall–Kier alpha value is -1.86. The Morgan fingerprint density at radius 2 is 2.05 bits per heavy atom. The van der Waals surface area contributed by atoms with Crippen molar-refractivity contribution in [3.8, 4) is 5.75 Å². The van der Waals surface area contributed by atoms with Crippen molar-refractivity contribution in [1.29, 1.82) is 0 Å². The Bertz CT molecular complexity index is 779. The van der Waals surface area contributed by atoms with Crippen LogP contribution in [0.25, 0.3) is 0 Å². The van der Waals surface area contributed by atoms with Crippen molar-refractivity contribution in [1.82, 2.24) is 9.97 Å². The minimum Gasteiger partial charge on any atom is -0.495 e. The number of halogens is 1. The van der Waals surface area contributed by atoms with Gasteiger partial charge in [0.1, 0.15) is 17.9 Å². The number of nitrogens with zero attached hydrogens (tertiary/aromatic N) is 2. The number of hydrogen-bond donors (Lipinski definition) is 1. The Labute approximate surface area is 134 Å². The van der Waals surface area contributed by atoms with Crippen LogP contribution in [0.5, 0.6) is 5.75 Å².